The number of hydrogen-bond donors (Lipinski definition) is 1. The van der Waals surface area contributed by atoms with E-state index in [4.69, 9.17) is 11.6 Å². The molecule has 0 aliphatic carbocycles. The Kier molecular flexibility index (Phi) is 3.73. The number of benzene rings is 1. The van der Waals surface area contributed by atoms with Crippen molar-refractivity contribution in [2.24, 2.45) is 0 Å². The minimum atomic E-state index is -0.375. The average Bonchev–Trinajstić information content (AvgIpc) is 2.51. The van der Waals surface area contributed by atoms with E-state index in [1.165, 1.54) is 18.3 Å². The van der Waals surface area contributed by atoms with E-state index in [9.17, 15) is 9.18 Å². The lowest BCUT2D eigenvalue weighted by Crippen LogP contribution is -2.13. The van der Waals surface area contributed by atoms with E-state index in [-0.39, 0.29) is 11.7 Å². The van der Waals surface area contributed by atoms with Crippen molar-refractivity contribution >= 4 is 34.1 Å². The number of carbonyl (C=O) groups is 1. The first kappa shape index (κ1) is 14.4. The van der Waals surface area contributed by atoms with Gasteiger partial charge in [0.2, 0.25) is 0 Å². The summed E-state index contributed by atoms with van der Waals surface area (Å²) < 4.78 is 13.3. The molecule has 3 rings (SSSR count). The molecular weight excluding hydrogens is 305 g/mol. The molecule has 22 heavy (non-hydrogen) atoms. The van der Waals surface area contributed by atoms with Gasteiger partial charge in [0, 0.05) is 17.8 Å². The van der Waals surface area contributed by atoms with Crippen molar-refractivity contribution in [2.75, 3.05) is 5.32 Å². The SMILES string of the molecule is Cc1nccc(NC(=O)c2cnc3ccc(F)cc3c2)c1Cl. The quantitative estimate of drug-likeness (QED) is 0.778. The molecule has 3 aromatic rings. The molecule has 4 nitrogen and oxygen atoms in total. The summed E-state index contributed by atoms with van der Waals surface area (Å²) in [6.07, 6.45) is 3.00. The molecule has 2 heterocycles. The summed E-state index contributed by atoms with van der Waals surface area (Å²) in [6, 6.07) is 7.43. The first-order valence-electron chi connectivity index (χ1n) is 6.52. The molecule has 0 atom stereocenters. The van der Waals surface area contributed by atoms with Crippen LogP contribution in [0.2, 0.25) is 5.02 Å². The van der Waals surface area contributed by atoms with Gasteiger partial charge in [-0.3, -0.25) is 14.8 Å². The second-order valence-corrected chi connectivity index (χ2v) is 5.15. The smallest absolute Gasteiger partial charge is 0.257 e. The highest BCUT2D eigenvalue weighted by Gasteiger charge is 2.11. The second-order valence-electron chi connectivity index (χ2n) is 4.77. The van der Waals surface area contributed by atoms with E-state index in [2.05, 4.69) is 15.3 Å². The maximum Gasteiger partial charge on any atom is 0.257 e. The summed E-state index contributed by atoms with van der Waals surface area (Å²) in [7, 11) is 0. The van der Waals surface area contributed by atoms with Crippen LogP contribution in [0.3, 0.4) is 0 Å². The van der Waals surface area contributed by atoms with Crippen LogP contribution < -0.4 is 5.32 Å². The van der Waals surface area contributed by atoms with Crippen LogP contribution in [-0.4, -0.2) is 15.9 Å². The first-order chi connectivity index (χ1) is 10.5. The largest absolute Gasteiger partial charge is 0.320 e. The molecule has 0 saturated heterocycles. The fourth-order valence-electron chi connectivity index (χ4n) is 2.07. The molecule has 6 heteroatoms. The van der Waals surface area contributed by atoms with Gasteiger partial charge in [-0.1, -0.05) is 11.6 Å². The molecule has 2 aromatic heterocycles. The molecule has 0 spiro atoms. The number of anilines is 1. The van der Waals surface area contributed by atoms with Gasteiger partial charge in [-0.2, -0.15) is 0 Å². The van der Waals surface area contributed by atoms with Gasteiger partial charge in [0.1, 0.15) is 5.82 Å². The molecule has 1 N–H and O–H groups in total. The molecule has 0 radical (unpaired) electrons. The van der Waals surface area contributed by atoms with Gasteiger partial charge in [0.25, 0.3) is 5.91 Å². The predicted octanol–water partition coefficient (Wildman–Crippen LogP) is 3.98. The zero-order valence-electron chi connectivity index (χ0n) is 11.6. The summed E-state index contributed by atoms with van der Waals surface area (Å²) in [6.45, 7) is 1.75. The Morgan fingerprint density at radius 3 is 2.86 bits per heavy atom. The number of halogens is 2. The second kappa shape index (κ2) is 5.69. The third-order valence-electron chi connectivity index (χ3n) is 3.22. The van der Waals surface area contributed by atoms with E-state index >= 15 is 0 Å². The number of aryl methyl sites for hydroxylation is 1. The third-order valence-corrected chi connectivity index (χ3v) is 3.69. The van der Waals surface area contributed by atoms with Crippen molar-refractivity contribution in [2.45, 2.75) is 6.92 Å². The molecule has 0 bridgehead atoms. The van der Waals surface area contributed by atoms with Crippen LogP contribution in [0.1, 0.15) is 16.1 Å². The van der Waals surface area contributed by atoms with Gasteiger partial charge >= 0.3 is 0 Å². The molecule has 1 aromatic carbocycles. The zero-order valence-corrected chi connectivity index (χ0v) is 12.4. The highest BCUT2D eigenvalue weighted by molar-refractivity contribution is 6.34. The highest BCUT2D eigenvalue weighted by atomic mass is 35.5. The number of nitrogens with one attached hydrogen (secondary N) is 1. The number of carbonyl (C=O) groups excluding carboxylic acids is 1. The molecule has 0 unspecified atom stereocenters. The Labute approximate surface area is 131 Å². The van der Waals surface area contributed by atoms with E-state index < -0.39 is 0 Å². The lowest BCUT2D eigenvalue weighted by atomic mass is 10.1. The summed E-state index contributed by atoms with van der Waals surface area (Å²) >= 11 is 6.10. The Morgan fingerprint density at radius 1 is 1.23 bits per heavy atom. The van der Waals surface area contributed by atoms with Crippen molar-refractivity contribution in [3.05, 3.63) is 64.8 Å². The van der Waals surface area contributed by atoms with E-state index in [1.807, 2.05) is 0 Å². The Balaban J connectivity index is 1.93. The molecule has 1 amide bonds. The maximum absolute atomic E-state index is 13.3. The standard InChI is InChI=1S/C16H11ClFN3O/c1-9-15(17)14(4-5-19-9)21-16(22)11-6-10-7-12(18)2-3-13(10)20-8-11/h2-8H,1H3,(H,19,21,22). The van der Waals surface area contributed by atoms with Gasteiger partial charge in [-0.15, -0.1) is 0 Å². The monoisotopic (exact) mass is 315 g/mol. The number of pyridine rings is 2. The van der Waals surface area contributed by atoms with Crippen LogP contribution in [0.4, 0.5) is 10.1 Å². The van der Waals surface area contributed by atoms with Gasteiger partial charge in [0.15, 0.2) is 0 Å². The first-order valence-corrected chi connectivity index (χ1v) is 6.90. The van der Waals surface area contributed by atoms with Crippen molar-refractivity contribution in [3.8, 4) is 0 Å². The summed E-state index contributed by atoms with van der Waals surface area (Å²) in [5, 5.41) is 3.65. The van der Waals surface area contributed by atoms with Crippen LogP contribution in [0, 0.1) is 12.7 Å². The summed E-state index contributed by atoms with van der Waals surface area (Å²) in [5.41, 5.74) is 2.04. The molecule has 0 saturated carbocycles. The Bertz CT molecular complexity index is 882. The van der Waals surface area contributed by atoms with Crippen molar-refractivity contribution in [3.63, 3.8) is 0 Å². The normalized spacial score (nSPS) is 10.7. The number of amides is 1. The third kappa shape index (κ3) is 2.76. The van der Waals surface area contributed by atoms with Crippen LogP contribution >= 0.6 is 11.6 Å². The summed E-state index contributed by atoms with van der Waals surface area (Å²) in [4.78, 5) is 20.5. The molecule has 0 aliphatic rings. The molecule has 110 valence electrons. The highest BCUT2D eigenvalue weighted by Crippen LogP contribution is 2.24. The van der Waals surface area contributed by atoms with Gasteiger partial charge in [-0.25, -0.2) is 4.39 Å². The zero-order chi connectivity index (χ0) is 15.7. The van der Waals surface area contributed by atoms with Crippen molar-refractivity contribution < 1.29 is 9.18 Å². The average molecular weight is 316 g/mol. The lowest BCUT2D eigenvalue weighted by molar-refractivity contribution is 0.102. The Hall–Kier alpha value is -2.53. The van der Waals surface area contributed by atoms with Gasteiger partial charge in [-0.05, 0) is 37.3 Å². The Morgan fingerprint density at radius 2 is 2.05 bits per heavy atom. The number of hydrogen-bond acceptors (Lipinski definition) is 3. The van der Waals surface area contributed by atoms with Crippen molar-refractivity contribution in [1.29, 1.82) is 0 Å². The van der Waals surface area contributed by atoms with Crippen LogP contribution in [-0.2, 0) is 0 Å². The topological polar surface area (TPSA) is 54.9 Å². The van der Waals surface area contributed by atoms with E-state index in [1.54, 1.807) is 31.3 Å². The number of aromatic nitrogens is 2. The van der Waals surface area contributed by atoms with Crippen LogP contribution in [0.5, 0.6) is 0 Å². The lowest BCUT2D eigenvalue weighted by Gasteiger charge is -2.08. The maximum atomic E-state index is 13.3. The molecule has 0 fully saturated rings. The molecule has 0 aliphatic heterocycles. The fourth-order valence-corrected chi connectivity index (χ4v) is 2.23. The summed E-state index contributed by atoms with van der Waals surface area (Å²) in [5.74, 6) is -0.745. The molecular formula is C16H11ClFN3O. The van der Waals surface area contributed by atoms with E-state index in [0.29, 0.717) is 32.9 Å². The van der Waals surface area contributed by atoms with Crippen LogP contribution in [0.25, 0.3) is 10.9 Å². The van der Waals surface area contributed by atoms with Gasteiger partial charge in [0.05, 0.1) is 27.5 Å². The van der Waals surface area contributed by atoms with Crippen molar-refractivity contribution in [1.82, 2.24) is 9.97 Å². The minimum Gasteiger partial charge on any atom is -0.320 e. The predicted molar refractivity (Wildman–Crippen MR) is 83.6 cm³/mol. The minimum absolute atomic E-state index is 0.323. The number of nitrogens with zero attached hydrogens (tertiary/aromatic N) is 2. The van der Waals surface area contributed by atoms with E-state index in [0.717, 1.165) is 0 Å². The number of rotatable bonds is 2. The van der Waals surface area contributed by atoms with Gasteiger partial charge < -0.3 is 5.32 Å². The fraction of sp³-hybridized carbons (Fsp3) is 0.0625. The number of fused-ring (bicyclic) bond motifs is 1. The van der Waals surface area contributed by atoms with Crippen LogP contribution in [0.15, 0.2) is 42.7 Å².